The van der Waals surface area contributed by atoms with Gasteiger partial charge in [-0.1, -0.05) is 24.3 Å². The van der Waals surface area contributed by atoms with Crippen LogP contribution in [0.3, 0.4) is 0 Å². The number of rotatable bonds is 6. The zero-order valence-electron chi connectivity index (χ0n) is 12.8. The maximum Gasteiger partial charge on any atom is 0.251 e. The van der Waals surface area contributed by atoms with Crippen LogP contribution in [0.2, 0.25) is 0 Å². The molecular formula is C17H20N2O3. The molecule has 0 fully saturated rings. The Balaban J connectivity index is 2.08. The summed E-state index contributed by atoms with van der Waals surface area (Å²) in [6, 6.07) is 12.9. The van der Waals surface area contributed by atoms with Gasteiger partial charge in [0.25, 0.3) is 5.91 Å². The van der Waals surface area contributed by atoms with Crippen molar-refractivity contribution in [3.05, 3.63) is 59.2 Å². The van der Waals surface area contributed by atoms with Crippen molar-refractivity contribution in [3.8, 4) is 11.5 Å². The van der Waals surface area contributed by atoms with Gasteiger partial charge >= 0.3 is 0 Å². The third-order valence-corrected chi connectivity index (χ3v) is 3.38. The highest BCUT2D eigenvalue weighted by Crippen LogP contribution is 2.27. The molecule has 2 rings (SSSR count). The van der Waals surface area contributed by atoms with Gasteiger partial charge < -0.3 is 20.5 Å². The van der Waals surface area contributed by atoms with E-state index in [1.165, 1.54) is 0 Å². The van der Waals surface area contributed by atoms with Crippen LogP contribution in [0.5, 0.6) is 11.5 Å². The molecule has 0 saturated carbocycles. The fraction of sp³-hybridized carbons (Fsp3) is 0.235. The molecule has 0 bridgehead atoms. The van der Waals surface area contributed by atoms with Gasteiger partial charge in [0.05, 0.1) is 14.2 Å². The summed E-state index contributed by atoms with van der Waals surface area (Å²) in [5, 5.41) is 2.89. The summed E-state index contributed by atoms with van der Waals surface area (Å²) >= 11 is 0. The number of benzene rings is 2. The Kier molecular flexibility index (Phi) is 5.38. The van der Waals surface area contributed by atoms with Crippen molar-refractivity contribution in [3.63, 3.8) is 0 Å². The Labute approximate surface area is 130 Å². The maximum atomic E-state index is 12.3. The van der Waals surface area contributed by atoms with Crippen LogP contribution in [0.4, 0.5) is 0 Å². The van der Waals surface area contributed by atoms with Gasteiger partial charge in [0.1, 0.15) is 0 Å². The van der Waals surface area contributed by atoms with E-state index in [1.807, 2.05) is 36.4 Å². The summed E-state index contributed by atoms with van der Waals surface area (Å²) in [6.45, 7) is 0.734. The van der Waals surface area contributed by atoms with Gasteiger partial charge in [0.15, 0.2) is 11.5 Å². The average molecular weight is 300 g/mol. The Morgan fingerprint density at radius 3 is 2.50 bits per heavy atom. The number of carbonyl (C=O) groups excluding carboxylic acids is 1. The van der Waals surface area contributed by atoms with Gasteiger partial charge in [-0.25, -0.2) is 0 Å². The number of nitrogens with two attached hydrogens (primary N) is 1. The van der Waals surface area contributed by atoms with Gasteiger partial charge in [-0.3, -0.25) is 4.79 Å². The van der Waals surface area contributed by atoms with E-state index in [0.29, 0.717) is 30.2 Å². The van der Waals surface area contributed by atoms with E-state index < -0.39 is 0 Å². The van der Waals surface area contributed by atoms with Crippen LogP contribution in [0.25, 0.3) is 0 Å². The topological polar surface area (TPSA) is 73.6 Å². The summed E-state index contributed by atoms with van der Waals surface area (Å²) in [7, 11) is 3.17. The number of nitrogens with one attached hydrogen (secondary N) is 1. The zero-order chi connectivity index (χ0) is 15.9. The highest BCUT2D eigenvalue weighted by Gasteiger charge is 2.10. The Morgan fingerprint density at radius 2 is 1.82 bits per heavy atom. The molecule has 116 valence electrons. The predicted octanol–water partition coefficient (Wildman–Crippen LogP) is 2.09. The molecule has 2 aromatic rings. The number of carbonyl (C=O) groups is 1. The highest BCUT2D eigenvalue weighted by molar-refractivity contribution is 5.95. The molecule has 1 amide bonds. The minimum Gasteiger partial charge on any atom is -0.493 e. The second-order valence-electron chi connectivity index (χ2n) is 4.73. The van der Waals surface area contributed by atoms with Crippen LogP contribution >= 0.6 is 0 Å². The minimum atomic E-state index is -0.143. The average Bonchev–Trinajstić information content (AvgIpc) is 2.59. The summed E-state index contributed by atoms with van der Waals surface area (Å²) in [5.74, 6) is 1.15. The molecule has 2 aromatic carbocycles. The minimum absolute atomic E-state index is 0.143. The summed E-state index contributed by atoms with van der Waals surface area (Å²) in [6.07, 6.45) is 0. The molecule has 0 heterocycles. The molecule has 5 heteroatoms. The molecule has 5 nitrogen and oxygen atoms in total. The molecule has 0 saturated heterocycles. The van der Waals surface area contributed by atoms with Gasteiger partial charge in [-0.2, -0.15) is 0 Å². The van der Waals surface area contributed by atoms with Crippen LogP contribution in [-0.4, -0.2) is 20.1 Å². The number of ether oxygens (including phenoxy) is 2. The molecule has 22 heavy (non-hydrogen) atoms. The van der Waals surface area contributed by atoms with Crippen LogP contribution in [0.15, 0.2) is 42.5 Å². The molecule has 0 spiro atoms. The van der Waals surface area contributed by atoms with Gasteiger partial charge in [0.2, 0.25) is 0 Å². The molecule has 0 unspecified atom stereocenters. The van der Waals surface area contributed by atoms with E-state index in [2.05, 4.69) is 5.32 Å². The van der Waals surface area contributed by atoms with Crippen LogP contribution in [0, 0.1) is 0 Å². The number of amides is 1. The highest BCUT2D eigenvalue weighted by atomic mass is 16.5. The van der Waals surface area contributed by atoms with Gasteiger partial charge in [-0.05, 0) is 29.3 Å². The van der Waals surface area contributed by atoms with Crippen molar-refractivity contribution in [2.45, 2.75) is 13.1 Å². The summed E-state index contributed by atoms with van der Waals surface area (Å²) in [4.78, 5) is 12.3. The fourth-order valence-corrected chi connectivity index (χ4v) is 2.19. The molecule has 3 N–H and O–H groups in total. The van der Waals surface area contributed by atoms with E-state index >= 15 is 0 Å². The Bertz CT molecular complexity index is 656. The normalized spacial score (nSPS) is 10.1. The van der Waals surface area contributed by atoms with Crippen molar-refractivity contribution in [2.24, 2.45) is 5.73 Å². The van der Waals surface area contributed by atoms with Crippen LogP contribution in [-0.2, 0) is 13.1 Å². The Morgan fingerprint density at radius 1 is 1.09 bits per heavy atom. The largest absolute Gasteiger partial charge is 0.493 e. The van der Waals surface area contributed by atoms with E-state index in [4.69, 9.17) is 15.2 Å². The monoisotopic (exact) mass is 300 g/mol. The van der Waals surface area contributed by atoms with E-state index in [0.717, 1.165) is 11.1 Å². The van der Waals surface area contributed by atoms with Gasteiger partial charge in [-0.15, -0.1) is 0 Å². The van der Waals surface area contributed by atoms with E-state index in [9.17, 15) is 4.79 Å². The van der Waals surface area contributed by atoms with Crippen LogP contribution in [0.1, 0.15) is 21.5 Å². The van der Waals surface area contributed by atoms with E-state index in [1.54, 1.807) is 20.3 Å². The maximum absolute atomic E-state index is 12.3. The summed E-state index contributed by atoms with van der Waals surface area (Å²) < 4.78 is 10.4. The number of hydrogen-bond donors (Lipinski definition) is 2. The molecule has 0 aliphatic rings. The quantitative estimate of drug-likeness (QED) is 0.857. The zero-order valence-corrected chi connectivity index (χ0v) is 12.8. The second kappa shape index (κ2) is 7.47. The third-order valence-electron chi connectivity index (χ3n) is 3.38. The summed E-state index contributed by atoms with van der Waals surface area (Å²) in [5.41, 5.74) is 8.01. The third kappa shape index (κ3) is 3.56. The molecule has 0 aliphatic carbocycles. The lowest BCUT2D eigenvalue weighted by atomic mass is 10.1. The predicted molar refractivity (Wildman–Crippen MR) is 85.0 cm³/mol. The SMILES string of the molecule is COc1ccc(CNC(=O)c2ccccc2CN)cc1OC. The molecule has 0 atom stereocenters. The first kappa shape index (κ1) is 15.9. The van der Waals surface area contributed by atoms with Crippen LogP contribution < -0.4 is 20.5 Å². The molecule has 0 aliphatic heterocycles. The first-order valence-electron chi connectivity index (χ1n) is 6.96. The van der Waals surface area contributed by atoms with Crippen molar-refractivity contribution in [1.82, 2.24) is 5.32 Å². The first-order chi connectivity index (χ1) is 10.7. The standard InChI is InChI=1S/C17H20N2O3/c1-21-15-8-7-12(9-16(15)22-2)11-19-17(20)14-6-4-3-5-13(14)10-18/h3-9H,10-11,18H2,1-2H3,(H,19,20). The number of hydrogen-bond acceptors (Lipinski definition) is 4. The van der Waals surface area contributed by atoms with Crippen molar-refractivity contribution < 1.29 is 14.3 Å². The van der Waals surface area contributed by atoms with E-state index in [-0.39, 0.29) is 5.91 Å². The molecule has 0 aromatic heterocycles. The van der Waals surface area contributed by atoms with Gasteiger partial charge in [0, 0.05) is 18.7 Å². The Hall–Kier alpha value is -2.53. The lowest BCUT2D eigenvalue weighted by molar-refractivity contribution is 0.0950. The van der Waals surface area contributed by atoms with Crippen molar-refractivity contribution >= 4 is 5.91 Å². The molecule has 0 radical (unpaired) electrons. The fourth-order valence-electron chi connectivity index (χ4n) is 2.19. The lowest BCUT2D eigenvalue weighted by Gasteiger charge is -2.11. The first-order valence-corrected chi connectivity index (χ1v) is 6.96. The van der Waals surface area contributed by atoms with Crippen molar-refractivity contribution in [1.29, 1.82) is 0 Å². The van der Waals surface area contributed by atoms with Crippen molar-refractivity contribution in [2.75, 3.05) is 14.2 Å². The smallest absolute Gasteiger partial charge is 0.251 e. The lowest BCUT2D eigenvalue weighted by Crippen LogP contribution is -2.24. The number of methoxy groups -OCH3 is 2. The second-order valence-corrected chi connectivity index (χ2v) is 4.73. The molecular weight excluding hydrogens is 280 g/mol.